The molecule has 3 aromatic heterocycles. The predicted octanol–water partition coefficient (Wildman–Crippen LogP) is 10.7. The molecule has 8 aromatic rings. The lowest BCUT2D eigenvalue weighted by Gasteiger charge is -2.37. The topological polar surface area (TPSA) is 206 Å². The molecule has 2 aliphatic heterocycles. The summed E-state index contributed by atoms with van der Waals surface area (Å²) >= 11 is 3.32. The summed E-state index contributed by atoms with van der Waals surface area (Å²) in [4.78, 5) is 69.5. The highest BCUT2D eigenvalue weighted by atomic mass is 79.9. The second-order valence-corrected chi connectivity index (χ2v) is 21.7. The molecule has 2 fully saturated rings. The van der Waals surface area contributed by atoms with Crippen LogP contribution in [-0.4, -0.2) is 75.7 Å². The highest BCUT2D eigenvalue weighted by Crippen LogP contribution is 2.27. The van der Waals surface area contributed by atoms with Gasteiger partial charge in [0.1, 0.15) is 45.2 Å². The Morgan fingerprint density at radius 1 is 0.481 bits per heavy atom. The molecule has 0 aliphatic carbocycles. The Kier molecular flexibility index (Phi) is 19.6. The number of ether oxygens (including phenoxy) is 2. The molecule has 10 rings (SSSR count). The Morgan fingerprint density at radius 3 is 1.18 bits per heavy atom. The van der Waals surface area contributed by atoms with Crippen LogP contribution in [0.2, 0.25) is 0 Å². The number of nitrogens with two attached hydrogens (primary N) is 1. The highest BCUT2D eigenvalue weighted by molar-refractivity contribution is 9.10. The molecule has 19 heteroatoms. The number of alkyl carbamates (subject to hydrolysis) is 2. The second-order valence-electron chi connectivity index (χ2n) is 20.8. The summed E-state index contributed by atoms with van der Waals surface area (Å²) in [6.07, 6.45) is -1.11. The number of nitrogens with one attached hydrogen (secondary N) is 2. The minimum atomic E-state index is -0.590. The first kappa shape index (κ1) is 58.9. The number of hydrogen-bond acceptors (Lipinski definition) is 15. The number of hydrogen-bond donors (Lipinski definition) is 3. The zero-order chi connectivity index (χ0) is 55.6. The number of anilines is 4. The molecule has 0 atom stereocenters. The number of amides is 2. The van der Waals surface area contributed by atoms with Crippen molar-refractivity contribution in [1.29, 1.82) is 0 Å². The molecule has 0 unspecified atom stereocenters. The van der Waals surface area contributed by atoms with E-state index in [0.717, 1.165) is 68.2 Å². The van der Waals surface area contributed by atoms with Gasteiger partial charge in [0, 0.05) is 110 Å². The van der Waals surface area contributed by atoms with Crippen molar-refractivity contribution in [2.45, 2.75) is 72.4 Å². The van der Waals surface area contributed by atoms with Crippen molar-refractivity contribution in [1.82, 2.24) is 10.6 Å². The van der Waals surface area contributed by atoms with Crippen molar-refractivity contribution in [3.63, 3.8) is 0 Å². The molecule has 2 aliphatic rings. The van der Waals surface area contributed by atoms with Crippen LogP contribution in [0.4, 0.5) is 32.3 Å². The molecule has 0 spiro atoms. The van der Waals surface area contributed by atoms with Crippen LogP contribution >= 0.6 is 28.3 Å². The van der Waals surface area contributed by atoms with Crippen molar-refractivity contribution >= 4 is 96.2 Å². The van der Waals surface area contributed by atoms with Crippen LogP contribution in [0, 0.1) is 0 Å². The Labute approximate surface area is 472 Å². The van der Waals surface area contributed by atoms with E-state index in [0.29, 0.717) is 50.2 Å². The maximum absolute atomic E-state index is 12.5. The van der Waals surface area contributed by atoms with Gasteiger partial charge in [-0.3, -0.25) is 14.4 Å². The minimum Gasteiger partial charge on any atom is -0.459 e. The Bertz CT molecular complexity index is 3550. The average Bonchev–Trinajstić information content (AvgIpc) is 3.44. The number of piperazine rings is 2. The summed E-state index contributed by atoms with van der Waals surface area (Å²) in [5, 5.41) is 6.82. The molecule has 5 heterocycles. The average molecular weight is 1160 g/mol. The van der Waals surface area contributed by atoms with E-state index in [9.17, 15) is 24.0 Å². The summed E-state index contributed by atoms with van der Waals surface area (Å²) in [6, 6.07) is 41.8. The first-order chi connectivity index (χ1) is 37.3. The van der Waals surface area contributed by atoms with Gasteiger partial charge in [-0.1, -0.05) is 52.3 Å². The largest absolute Gasteiger partial charge is 0.459 e. The SMILES string of the molecule is CC(C)(C)OC(=O)NCc1cc(=O)c2ccc(Br)cc2o1.CC(C)(C)OC(=O)NCc1cc(=O)c2ccc(N3CCN(c4ccccc4)CC3)cc2o1.Cl.NCc1cc(=O)c2ccc(N3CCN(c4ccccc4)CC3)cc2o1. The van der Waals surface area contributed by atoms with Crippen molar-refractivity contribution in [2.75, 3.05) is 72.0 Å². The van der Waals surface area contributed by atoms with Crippen molar-refractivity contribution in [2.24, 2.45) is 5.73 Å². The first-order valence-electron chi connectivity index (χ1n) is 25.9. The molecule has 4 N–H and O–H groups in total. The van der Waals surface area contributed by atoms with E-state index in [1.54, 1.807) is 59.7 Å². The van der Waals surface area contributed by atoms with Crippen LogP contribution in [0.3, 0.4) is 0 Å². The normalized spacial score (nSPS) is 13.6. The van der Waals surface area contributed by atoms with E-state index in [2.05, 4.69) is 94.7 Å². The van der Waals surface area contributed by atoms with E-state index >= 15 is 0 Å². The number of carbonyl (C=O) groups is 2. The quantitative estimate of drug-likeness (QED) is 0.123. The third-order valence-corrected chi connectivity index (χ3v) is 13.1. The van der Waals surface area contributed by atoms with E-state index < -0.39 is 23.4 Å². The van der Waals surface area contributed by atoms with Crippen LogP contribution in [0.15, 0.2) is 166 Å². The zero-order valence-corrected chi connectivity index (χ0v) is 47.6. The second kappa shape index (κ2) is 26.2. The zero-order valence-electron chi connectivity index (χ0n) is 45.2. The van der Waals surface area contributed by atoms with Crippen molar-refractivity contribution in [3.8, 4) is 0 Å². The van der Waals surface area contributed by atoms with Crippen molar-refractivity contribution in [3.05, 3.63) is 186 Å². The molecule has 0 radical (unpaired) electrons. The summed E-state index contributed by atoms with van der Waals surface area (Å²) in [5.41, 5.74) is 10.3. The summed E-state index contributed by atoms with van der Waals surface area (Å²) in [5.74, 6) is 1.28. The molecule has 416 valence electrons. The molecule has 5 aromatic carbocycles. The molecular weight excluding hydrogens is 1090 g/mol. The van der Waals surface area contributed by atoms with Gasteiger partial charge in [0.2, 0.25) is 0 Å². The lowest BCUT2D eigenvalue weighted by atomic mass is 10.1. The van der Waals surface area contributed by atoms with Crippen LogP contribution in [0.5, 0.6) is 0 Å². The van der Waals surface area contributed by atoms with Gasteiger partial charge in [0.25, 0.3) is 0 Å². The van der Waals surface area contributed by atoms with Crippen LogP contribution < -0.4 is 52.3 Å². The van der Waals surface area contributed by atoms with Crippen LogP contribution in [0.1, 0.15) is 58.8 Å². The summed E-state index contributed by atoms with van der Waals surface area (Å²) in [7, 11) is 0. The maximum atomic E-state index is 12.5. The first-order valence-corrected chi connectivity index (χ1v) is 26.7. The number of para-hydroxylation sites is 2. The maximum Gasteiger partial charge on any atom is 0.408 e. The van der Waals surface area contributed by atoms with Gasteiger partial charge in [-0.15, -0.1) is 12.4 Å². The number of benzene rings is 5. The van der Waals surface area contributed by atoms with Crippen LogP contribution in [0.25, 0.3) is 32.9 Å². The lowest BCUT2D eigenvalue weighted by Crippen LogP contribution is -2.46. The molecule has 79 heavy (non-hydrogen) atoms. The standard InChI is InChI=1S/C25H29N3O4.C20H21N3O2.C15H16BrNO4.ClH/c1-25(2,3)32-24(30)26-17-20-16-22(29)21-10-9-19(15-23(21)31-20)28-13-11-27(12-14-28)18-7-5-4-6-8-18;21-14-17-13-19(24)18-7-6-16(12-20(18)25-17)23-10-8-22(9-11-23)15-4-2-1-3-5-15;1-15(2,3)21-14(19)17-8-10-7-12(18)11-5-4-9(16)6-13(11)20-10;/h4-10,15-16H,11-14,17H2,1-3H3,(H,26,30);1-7,12-13H,8-11,14,21H2;4-7H,8H2,1-3H3,(H,17,19);1H. The number of carbonyl (C=O) groups excluding carboxylic acids is 2. The molecule has 0 saturated carbocycles. The number of rotatable bonds is 9. The fraction of sp³-hybridized carbons (Fsp3) is 0.317. The fourth-order valence-electron chi connectivity index (χ4n) is 8.90. The fourth-order valence-corrected chi connectivity index (χ4v) is 9.24. The summed E-state index contributed by atoms with van der Waals surface area (Å²) in [6.45, 7) is 18.5. The van der Waals surface area contributed by atoms with E-state index in [1.165, 1.54) is 29.6 Å². The smallest absolute Gasteiger partial charge is 0.408 e. The van der Waals surface area contributed by atoms with Crippen molar-refractivity contribution < 1.29 is 32.3 Å². The van der Waals surface area contributed by atoms with Gasteiger partial charge in [-0.25, -0.2) is 9.59 Å². The molecular formula is C60H67BrClN7O10. The molecule has 0 bridgehead atoms. The Hall–Kier alpha value is -7.80. The third-order valence-electron chi connectivity index (χ3n) is 12.6. The Morgan fingerprint density at radius 2 is 0.810 bits per heavy atom. The van der Waals surface area contributed by atoms with E-state index in [1.807, 2.05) is 48.5 Å². The van der Waals surface area contributed by atoms with E-state index in [4.69, 9.17) is 28.5 Å². The number of halogens is 2. The molecule has 2 saturated heterocycles. The van der Waals surface area contributed by atoms with Gasteiger partial charge in [-0.05, 0) is 108 Å². The highest BCUT2D eigenvalue weighted by Gasteiger charge is 2.22. The minimum absolute atomic E-state index is 0. The number of fused-ring (bicyclic) bond motifs is 3. The van der Waals surface area contributed by atoms with Gasteiger partial charge >= 0.3 is 12.2 Å². The summed E-state index contributed by atoms with van der Waals surface area (Å²) < 4.78 is 28.5. The Balaban J connectivity index is 0.000000175. The van der Waals surface area contributed by atoms with Gasteiger partial charge < -0.3 is 58.7 Å². The molecule has 17 nitrogen and oxygen atoms in total. The molecule has 2 amide bonds. The lowest BCUT2D eigenvalue weighted by molar-refractivity contribution is 0.0509. The van der Waals surface area contributed by atoms with E-state index in [-0.39, 0.29) is 48.3 Å². The number of nitrogens with zero attached hydrogens (tertiary/aromatic N) is 4. The van der Waals surface area contributed by atoms with Gasteiger partial charge in [-0.2, -0.15) is 0 Å². The predicted molar refractivity (Wildman–Crippen MR) is 318 cm³/mol. The monoisotopic (exact) mass is 1160 g/mol. The van der Waals surface area contributed by atoms with Crippen LogP contribution in [-0.2, 0) is 29.1 Å². The third kappa shape index (κ3) is 16.4. The van der Waals surface area contributed by atoms with Gasteiger partial charge in [0.05, 0.1) is 35.8 Å². The van der Waals surface area contributed by atoms with Gasteiger partial charge in [0.15, 0.2) is 16.3 Å².